The van der Waals surface area contributed by atoms with Gasteiger partial charge in [0.05, 0.1) is 34.8 Å². The van der Waals surface area contributed by atoms with Crippen LogP contribution in [0.4, 0.5) is 4.39 Å². The molecule has 0 saturated heterocycles. The lowest BCUT2D eigenvalue weighted by atomic mass is 9.86. The lowest BCUT2D eigenvalue weighted by Crippen LogP contribution is -2.38. The second-order valence-corrected chi connectivity index (χ2v) is 10.2. The number of carbonyl (C=O) groups is 2. The summed E-state index contributed by atoms with van der Waals surface area (Å²) in [4.78, 5) is 24.5. The highest BCUT2D eigenvalue weighted by Gasteiger charge is 2.28. The Morgan fingerprint density at radius 3 is 2.64 bits per heavy atom. The van der Waals surface area contributed by atoms with Gasteiger partial charge in [-0.15, -0.1) is 0 Å². The van der Waals surface area contributed by atoms with Crippen molar-refractivity contribution in [1.82, 2.24) is 15.1 Å². The Morgan fingerprint density at radius 2 is 1.94 bits per heavy atom. The van der Waals surface area contributed by atoms with Crippen LogP contribution in [0, 0.1) is 11.7 Å². The molecule has 0 spiro atoms. The maximum Gasteiger partial charge on any atom is 0.306 e. The van der Waals surface area contributed by atoms with Crippen LogP contribution in [0.1, 0.15) is 72.9 Å². The first-order chi connectivity index (χ1) is 17.4. The van der Waals surface area contributed by atoms with Gasteiger partial charge in [0.2, 0.25) is 0 Å². The average Bonchev–Trinajstić information content (AvgIpc) is 3.29. The zero-order chi connectivity index (χ0) is 25.2. The summed E-state index contributed by atoms with van der Waals surface area (Å²) in [6.07, 6.45) is 10.2. The van der Waals surface area contributed by atoms with E-state index in [4.69, 9.17) is 11.6 Å². The maximum absolute atomic E-state index is 15.0. The number of nitrogens with one attached hydrogen (secondary N) is 1. The van der Waals surface area contributed by atoms with Crippen molar-refractivity contribution in [3.8, 4) is 0 Å². The summed E-state index contributed by atoms with van der Waals surface area (Å²) in [5.74, 6) is -1.61. The number of hydrogen-bond acceptors (Lipinski definition) is 3. The number of aromatic nitrogens is 2. The number of hydrogen-bond donors (Lipinski definition) is 2. The number of fused-ring (bicyclic) bond motifs is 1. The Hall–Kier alpha value is -3.19. The van der Waals surface area contributed by atoms with Gasteiger partial charge in [0, 0.05) is 17.0 Å². The van der Waals surface area contributed by atoms with Crippen molar-refractivity contribution in [3.05, 3.63) is 70.1 Å². The number of nitrogens with zero attached hydrogens (tertiary/aromatic N) is 2. The predicted octanol–water partition coefficient (Wildman–Crippen LogP) is 6.21. The van der Waals surface area contributed by atoms with E-state index < -0.39 is 5.97 Å². The molecule has 8 heteroatoms. The number of carboxylic acids is 1. The van der Waals surface area contributed by atoms with E-state index in [1.54, 1.807) is 29.1 Å². The molecule has 2 N–H and O–H groups in total. The smallest absolute Gasteiger partial charge is 0.306 e. The van der Waals surface area contributed by atoms with Crippen molar-refractivity contribution >= 4 is 40.0 Å². The van der Waals surface area contributed by atoms with E-state index >= 15 is 0 Å². The molecule has 5 rings (SSSR count). The molecule has 0 bridgehead atoms. The first kappa shape index (κ1) is 24.5. The first-order valence-corrected chi connectivity index (χ1v) is 12.9. The van der Waals surface area contributed by atoms with Crippen LogP contribution >= 0.6 is 11.6 Å². The molecule has 0 aliphatic heterocycles. The van der Waals surface area contributed by atoms with Crippen molar-refractivity contribution in [1.29, 1.82) is 0 Å². The summed E-state index contributed by atoms with van der Waals surface area (Å²) < 4.78 is 16.7. The summed E-state index contributed by atoms with van der Waals surface area (Å²) in [5, 5.41) is 17.9. The third-order valence-electron chi connectivity index (χ3n) is 7.41. The van der Waals surface area contributed by atoms with E-state index in [0.29, 0.717) is 59.3 Å². The van der Waals surface area contributed by atoms with Crippen LogP contribution in [0.15, 0.2) is 42.6 Å². The molecule has 36 heavy (non-hydrogen) atoms. The summed E-state index contributed by atoms with van der Waals surface area (Å²) in [5.41, 5.74) is 3.51. The fourth-order valence-electron chi connectivity index (χ4n) is 5.39. The molecule has 1 aromatic heterocycles. The molecule has 0 radical (unpaired) electrons. The van der Waals surface area contributed by atoms with E-state index in [0.717, 1.165) is 36.8 Å². The van der Waals surface area contributed by atoms with Crippen molar-refractivity contribution in [2.75, 3.05) is 0 Å². The summed E-state index contributed by atoms with van der Waals surface area (Å²) in [6, 6.07) is 8.57. The number of carbonyl (C=O) groups excluding carboxylic acids is 1. The van der Waals surface area contributed by atoms with Gasteiger partial charge in [0.25, 0.3) is 5.91 Å². The van der Waals surface area contributed by atoms with Gasteiger partial charge in [-0.25, -0.2) is 4.39 Å². The van der Waals surface area contributed by atoms with Gasteiger partial charge in [-0.1, -0.05) is 29.8 Å². The van der Waals surface area contributed by atoms with Gasteiger partial charge < -0.3 is 10.4 Å². The van der Waals surface area contributed by atoms with Gasteiger partial charge in [-0.2, -0.15) is 5.10 Å². The minimum Gasteiger partial charge on any atom is -0.481 e. The first-order valence-electron chi connectivity index (χ1n) is 12.6. The number of halogens is 2. The second-order valence-electron chi connectivity index (χ2n) is 9.81. The monoisotopic (exact) mass is 509 g/mol. The molecule has 0 unspecified atom stereocenters. The third-order valence-corrected chi connectivity index (χ3v) is 7.74. The number of aliphatic carboxylic acids is 1. The van der Waals surface area contributed by atoms with E-state index in [2.05, 4.69) is 16.5 Å². The molecular formula is C28H29ClFN3O3. The van der Waals surface area contributed by atoms with E-state index in [9.17, 15) is 19.1 Å². The summed E-state index contributed by atoms with van der Waals surface area (Å²) in [7, 11) is 0. The minimum absolute atomic E-state index is 0.0778. The molecular weight excluding hydrogens is 481 g/mol. The zero-order valence-electron chi connectivity index (χ0n) is 20.0. The number of allylic oxidation sites excluding steroid dienone is 2. The van der Waals surface area contributed by atoms with Crippen LogP contribution in [0.5, 0.6) is 0 Å². The second kappa shape index (κ2) is 10.4. The Kier molecular flexibility index (Phi) is 7.10. The van der Waals surface area contributed by atoms with Gasteiger partial charge in [0.15, 0.2) is 0 Å². The van der Waals surface area contributed by atoms with Gasteiger partial charge in [-0.3, -0.25) is 14.3 Å². The molecule has 2 aliphatic carbocycles. The third kappa shape index (κ3) is 5.03. The average molecular weight is 510 g/mol. The van der Waals surface area contributed by atoms with Crippen LogP contribution in [0.2, 0.25) is 5.02 Å². The van der Waals surface area contributed by atoms with Crippen molar-refractivity contribution in [2.24, 2.45) is 5.92 Å². The SMILES string of the molecule is O=C(NC1CCC(C(=O)O)CC1)c1ccc(Cl)c2cnn(Cc3ccc(C4=CCCCC4)c(F)c3)c12. The predicted molar refractivity (Wildman–Crippen MR) is 138 cm³/mol. The molecule has 1 saturated carbocycles. The number of amides is 1. The Balaban J connectivity index is 1.38. The quantitative estimate of drug-likeness (QED) is 0.414. The lowest BCUT2D eigenvalue weighted by Gasteiger charge is -2.27. The van der Waals surface area contributed by atoms with E-state index in [1.807, 2.05) is 12.1 Å². The normalized spacial score (nSPS) is 20.2. The standard InChI is InChI=1S/C28H29ClFN3O3/c29-24-13-12-22(27(34)32-20-9-7-19(8-10-20)28(35)36)26-23(24)15-31-33(26)16-17-6-11-21(25(30)14-17)18-4-2-1-3-5-18/h4,6,11-15,19-20H,1-3,5,7-10,16H2,(H,32,34)(H,35,36). The fourth-order valence-corrected chi connectivity index (χ4v) is 5.59. The Morgan fingerprint density at radius 1 is 1.14 bits per heavy atom. The molecule has 1 heterocycles. The van der Waals surface area contributed by atoms with Gasteiger partial charge in [-0.05, 0) is 80.7 Å². The van der Waals surface area contributed by atoms with Crippen LogP contribution in [-0.4, -0.2) is 32.8 Å². The van der Waals surface area contributed by atoms with Crippen LogP contribution in [-0.2, 0) is 11.3 Å². The fraction of sp³-hybridized carbons (Fsp3) is 0.393. The van der Waals surface area contributed by atoms with Crippen LogP contribution in [0.3, 0.4) is 0 Å². The zero-order valence-corrected chi connectivity index (χ0v) is 20.7. The van der Waals surface area contributed by atoms with Gasteiger partial charge >= 0.3 is 5.97 Å². The molecule has 2 aliphatic rings. The summed E-state index contributed by atoms with van der Waals surface area (Å²) >= 11 is 6.41. The number of rotatable bonds is 6. The molecule has 188 valence electrons. The van der Waals surface area contributed by atoms with Gasteiger partial charge in [0.1, 0.15) is 5.82 Å². The molecule has 0 atom stereocenters. The topological polar surface area (TPSA) is 84.2 Å². The summed E-state index contributed by atoms with van der Waals surface area (Å²) in [6.45, 7) is 0.296. The lowest BCUT2D eigenvalue weighted by molar-refractivity contribution is -0.142. The molecule has 6 nitrogen and oxygen atoms in total. The highest BCUT2D eigenvalue weighted by molar-refractivity contribution is 6.36. The highest BCUT2D eigenvalue weighted by Crippen LogP contribution is 2.31. The largest absolute Gasteiger partial charge is 0.481 e. The number of carboxylic acid groups (broad SMARTS) is 1. The van der Waals surface area contributed by atoms with Crippen LogP contribution < -0.4 is 5.32 Å². The molecule has 1 fully saturated rings. The Bertz CT molecular complexity index is 1340. The minimum atomic E-state index is -0.775. The van der Waals surface area contributed by atoms with E-state index in [-0.39, 0.29) is 23.7 Å². The maximum atomic E-state index is 15.0. The van der Waals surface area contributed by atoms with E-state index in [1.165, 1.54) is 0 Å². The molecule has 1 amide bonds. The highest BCUT2D eigenvalue weighted by atomic mass is 35.5. The number of benzene rings is 2. The van der Waals surface area contributed by atoms with Crippen molar-refractivity contribution in [2.45, 2.75) is 64.0 Å². The molecule has 3 aromatic rings. The van der Waals surface area contributed by atoms with Crippen molar-refractivity contribution < 1.29 is 19.1 Å². The van der Waals surface area contributed by atoms with Crippen molar-refractivity contribution in [3.63, 3.8) is 0 Å². The molecule has 2 aromatic carbocycles. The Labute approximate surface area is 214 Å². The van der Waals surface area contributed by atoms with Crippen LogP contribution in [0.25, 0.3) is 16.5 Å².